The molecule has 0 radical (unpaired) electrons. The largest absolute Gasteiger partial charge is 0.478 e. The van der Waals surface area contributed by atoms with Crippen LogP contribution in [0.3, 0.4) is 0 Å². The number of benzene rings is 2. The third kappa shape index (κ3) is 10.1. The molecule has 0 amide bonds. The second-order valence-electron chi connectivity index (χ2n) is 11.6. The van der Waals surface area contributed by atoms with E-state index in [-0.39, 0.29) is 52.8 Å². The molecule has 0 aliphatic carbocycles. The summed E-state index contributed by atoms with van der Waals surface area (Å²) >= 11 is 6.02. The van der Waals surface area contributed by atoms with Crippen LogP contribution in [-0.2, 0) is 16.6 Å². The third-order valence-electron chi connectivity index (χ3n) is 6.57. The average Bonchev–Trinajstić information content (AvgIpc) is 2.93. The lowest BCUT2D eigenvalue weighted by Gasteiger charge is -2.27. The predicted octanol–water partition coefficient (Wildman–Crippen LogP) is 6.10. The highest BCUT2D eigenvalue weighted by Crippen LogP contribution is 2.30. The molecule has 11 nitrogen and oxygen atoms in total. The molecule has 0 aliphatic heterocycles. The maximum Gasteiger partial charge on any atom is 0.335 e. The number of sulfonamides is 1. The first-order valence-corrected chi connectivity index (χ1v) is 15.7. The van der Waals surface area contributed by atoms with E-state index >= 15 is 0 Å². The predicted molar refractivity (Wildman–Crippen MR) is 176 cm³/mol. The average molecular weight is 676 g/mol. The van der Waals surface area contributed by atoms with Crippen molar-refractivity contribution < 1.29 is 23.1 Å². The van der Waals surface area contributed by atoms with Crippen molar-refractivity contribution in [1.29, 1.82) is 0 Å². The fraction of sp³-hybridized carbons (Fsp3) is 0.323. The Balaban J connectivity index is 0.00000552. The number of aryl methyl sites for hydroxylation is 2. The van der Waals surface area contributed by atoms with Gasteiger partial charge in [0.25, 0.3) is 10.0 Å². The van der Waals surface area contributed by atoms with Gasteiger partial charge in [0.15, 0.2) is 0 Å². The molecule has 1 atom stereocenters. The highest BCUT2D eigenvalue weighted by Gasteiger charge is 2.22. The monoisotopic (exact) mass is 674 g/mol. The lowest BCUT2D eigenvalue weighted by atomic mass is 9.88. The summed E-state index contributed by atoms with van der Waals surface area (Å²) in [5, 5.41) is 13.1. The second kappa shape index (κ2) is 15.0. The molecule has 0 spiro atoms. The molecule has 14 heteroatoms. The molecule has 2 aromatic heterocycles. The lowest BCUT2D eigenvalue weighted by molar-refractivity contribution is 0.0696. The number of carbonyl (C=O) groups is 1. The van der Waals surface area contributed by atoms with Crippen molar-refractivity contribution in [1.82, 2.24) is 25.3 Å². The summed E-state index contributed by atoms with van der Waals surface area (Å²) in [6.45, 7) is 10.8. The van der Waals surface area contributed by atoms with E-state index in [4.69, 9.17) is 16.3 Å². The first-order valence-electron chi connectivity index (χ1n) is 13.9. The number of halogens is 2. The lowest BCUT2D eigenvalue weighted by Crippen LogP contribution is -2.38. The van der Waals surface area contributed by atoms with Gasteiger partial charge < -0.3 is 15.2 Å². The second-order valence-corrected chi connectivity index (χ2v) is 13.6. The van der Waals surface area contributed by atoms with Crippen LogP contribution in [0, 0.1) is 19.3 Å². The first-order chi connectivity index (χ1) is 20.7. The van der Waals surface area contributed by atoms with Crippen LogP contribution < -0.4 is 14.8 Å². The molecule has 2 heterocycles. The third-order valence-corrected chi connectivity index (χ3v) is 8.10. The highest BCUT2D eigenvalue weighted by molar-refractivity contribution is 7.92. The van der Waals surface area contributed by atoms with Gasteiger partial charge in [0.05, 0.1) is 22.7 Å². The molecule has 3 N–H and O–H groups in total. The summed E-state index contributed by atoms with van der Waals surface area (Å²) in [5.41, 5.74) is 2.95. The minimum atomic E-state index is -4.23. The van der Waals surface area contributed by atoms with E-state index in [9.17, 15) is 18.3 Å². The molecule has 45 heavy (non-hydrogen) atoms. The number of aromatic nitrogens is 4. The van der Waals surface area contributed by atoms with Crippen LogP contribution in [0.4, 0.5) is 5.95 Å². The highest BCUT2D eigenvalue weighted by atomic mass is 35.5. The molecule has 0 fully saturated rings. The van der Waals surface area contributed by atoms with Gasteiger partial charge >= 0.3 is 5.97 Å². The molecule has 2 aromatic carbocycles. The van der Waals surface area contributed by atoms with Crippen molar-refractivity contribution in [3.63, 3.8) is 0 Å². The van der Waals surface area contributed by atoms with Crippen LogP contribution in [-0.4, -0.2) is 52.1 Å². The number of hydrogen-bond donors (Lipinski definition) is 3. The summed E-state index contributed by atoms with van der Waals surface area (Å²) < 4.78 is 35.1. The molecule has 0 unspecified atom stereocenters. The van der Waals surface area contributed by atoms with E-state index in [1.54, 1.807) is 18.3 Å². The minimum Gasteiger partial charge on any atom is -0.478 e. The van der Waals surface area contributed by atoms with E-state index in [0.29, 0.717) is 23.2 Å². The van der Waals surface area contributed by atoms with Gasteiger partial charge in [0.2, 0.25) is 11.8 Å². The Morgan fingerprint density at radius 3 is 2.36 bits per heavy atom. The van der Waals surface area contributed by atoms with Crippen LogP contribution >= 0.6 is 24.0 Å². The fourth-order valence-electron chi connectivity index (χ4n) is 4.68. The number of hydrogen-bond acceptors (Lipinski definition) is 9. The van der Waals surface area contributed by atoms with Crippen molar-refractivity contribution in [2.24, 2.45) is 5.41 Å². The van der Waals surface area contributed by atoms with Gasteiger partial charge in [-0.05, 0) is 61.1 Å². The standard InChI is InChI=1S/C31H35ClN6O5S.ClH/c1-19-8-6-9-20(2)28(19)24-15-27(37-30(35-24)38-44(41,42)23-11-7-10-21(14-23)29(39)40)43-18-22(16-31(3,4)5)34-17-26-33-13-12-25(32)36-26;/h6-15,22,34H,16-18H2,1-5H3,(H,39,40)(H,35,37,38);1H/t22-;/m1./s1. The van der Waals surface area contributed by atoms with E-state index < -0.39 is 16.0 Å². The Morgan fingerprint density at radius 2 is 1.71 bits per heavy atom. The van der Waals surface area contributed by atoms with Crippen molar-refractivity contribution in [3.8, 4) is 17.1 Å². The van der Waals surface area contributed by atoms with E-state index in [1.165, 1.54) is 18.2 Å². The molecular formula is C31H36Cl2N6O5S. The maximum atomic E-state index is 13.3. The summed E-state index contributed by atoms with van der Waals surface area (Å²) in [5.74, 6) is -0.756. The zero-order valence-electron chi connectivity index (χ0n) is 25.5. The van der Waals surface area contributed by atoms with Gasteiger partial charge in [0.1, 0.15) is 17.6 Å². The van der Waals surface area contributed by atoms with Crippen molar-refractivity contribution in [2.45, 2.75) is 58.5 Å². The van der Waals surface area contributed by atoms with E-state index in [2.05, 4.69) is 50.7 Å². The summed E-state index contributed by atoms with van der Waals surface area (Å²) in [7, 11) is -4.23. The number of rotatable bonds is 12. The van der Waals surface area contributed by atoms with Gasteiger partial charge in [-0.3, -0.25) is 0 Å². The van der Waals surface area contributed by atoms with Crippen LogP contribution in [0.1, 0.15) is 54.5 Å². The van der Waals surface area contributed by atoms with Gasteiger partial charge in [-0.25, -0.2) is 32.9 Å². The van der Waals surface area contributed by atoms with Crippen LogP contribution in [0.2, 0.25) is 5.15 Å². The zero-order chi connectivity index (χ0) is 32.1. The SMILES string of the molecule is Cc1cccc(C)c1-c1cc(OC[C@@H](CC(C)(C)C)NCc2nccc(Cl)n2)nc(NS(=O)(=O)c2cccc(C(=O)O)c2)n1.Cl. The number of aromatic carboxylic acids is 1. The van der Waals surface area contributed by atoms with Gasteiger partial charge in [-0.2, -0.15) is 4.98 Å². The van der Waals surface area contributed by atoms with Gasteiger partial charge in [-0.1, -0.05) is 56.6 Å². The molecule has 0 saturated heterocycles. The molecule has 4 aromatic rings. The normalized spacial score (nSPS) is 12.2. The summed E-state index contributed by atoms with van der Waals surface area (Å²) in [6, 6.07) is 14.0. The summed E-state index contributed by atoms with van der Waals surface area (Å²) in [6.07, 6.45) is 2.33. The molecule has 240 valence electrons. The van der Waals surface area contributed by atoms with Crippen LogP contribution in [0.15, 0.2) is 65.7 Å². The number of nitrogens with zero attached hydrogens (tertiary/aromatic N) is 4. The first kappa shape index (κ1) is 35.6. The molecule has 0 saturated carbocycles. The van der Waals surface area contributed by atoms with Crippen molar-refractivity contribution >= 4 is 45.9 Å². The molecular weight excluding hydrogens is 639 g/mol. The van der Waals surface area contributed by atoms with Crippen LogP contribution in [0.25, 0.3) is 11.3 Å². The maximum absolute atomic E-state index is 13.3. The Hall–Kier alpha value is -3.84. The Labute approximate surface area is 274 Å². The Morgan fingerprint density at radius 1 is 1.02 bits per heavy atom. The topological polar surface area (TPSA) is 156 Å². The minimum absolute atomic E-state index is 0. The Kier molecular flexibility index (Phi) is 11.8. The Bertz CT molecular complexity index is 1750. The smallest absolute Gasteiger partial charge is 0.335 e. The quantitative estimate of drug-likeness (QED) is 0.150. The van der Waals surface area contributed by atoms with Gasteiger partial charge in [-0.15, -0.1) is 12.4 Å². The molecule has 0 aliphatic rings. The number of ether oxygens (including phenoxy) is 1. The summed E-state index contributed by atoms with van der Waals surface area (Å²) in [4.78, 5) is 28.6. The fourth-order valence-corrected chi connectivity index (χ4v) is 5.82. The molecule has 0 bridgehead atoms. The van der Waals surface area contributed by atoms with Crippen LogP contribution in [0.5, 0.6) is 5.88 Å². The number of anilines is 1. The molecule has 4 rings (SSSR count). The van der Waals surface area contributed by atoms with E-state index in [0.717, 1.165) is 29.2 Å². The van der Waals surface area contributed by atoms with Gasteiger partial charge in [0, 0.05) is 23.9 Å². The van der Waals surface area contributed by atoms with Crippen molar-refractivity contribution in [2.75, 3.05) is 11.3 Å². The zero-order valence-corrected chi connectivity index (χ0v) is 27.9. The number of carboxylic acids is 1. The number of nitrogens with one attached hydrogen (secondary N) is 2. The number of carboxylic acid groups (broad SMARTS) is 1. The van der Waals surface area contributed by atoms with E-state index in [1.807, 2.05) is 32.0 Å². The van der Waals surface area contributed by atoms with Crippen molar-refractivity contribution in [3.05, 3.63) is 88.5 Å².